The van der Waals surface area contributed by atoms with E-state index in [1.165, 1.54) is 244 Å². The first-order valence-electron chi connectivity index (χ1n) is 32.1. The molecule has 0 fully saturated rings. The van der Waals surface area contributed by atoms with Gasteiger partial charge in [0.15, 0.2) is 6.10 Å². The fourth-order valence-corrected chi connectivity index (χ4v) is 10.1. The van der Waals surface area contributed by atoms with Crippen molar-refractivity contribution in [3.63, 3.8) is 0 Å². The first-order chi connectivity index (χ1) is 34.6. The zero-order valence-electron chi connectivity index (χ0n) is 49.0. The maximum atomic E-state index is 12.9. The molecule has 0 radical (unpaired) electrons. The van der Waals surface area contributed by atoms with Gasteiger partial charge in [0, 0.05) is 19.3 Å². The Bertz CT molecular complexity index is 1100. The summed E-state index contributed by atoms with van der Waals surface area (Å²) in [5.41, 5.74) is 0. The van der Waals surface area contributed by atoms with Crippen molar-refractivity contribution in [1.29, 1.82) is 0 Å². The van der Waals surface area contributed by atoms with Crippen LogP contribution < -0.4 is 0 Å². The molecule has 0 aromatic carbocycles. The Morgan fingerprint density at radius 2 is 0.408 bits per heavy atom. The molecule has 0 amide bonds. The molecule has 0 unspecified atom stereocenters. The molecule has 0 aromatic rings. The van der Waals surface area contributed by atoms with Crippen LogP contribution in [0.3, 0.4) is 0 Å². The van der Waals surface area contributed by atoms with Gasteiger partial charge < -0.3 is 14.2 Å². The molecule has 0 bridgehead atoms. The number of hydrogen-bond donors (Lipinski definition) is 0. The third kappa shape index (κ3) is 59.2. The van der Waals surface area contributed by atoms with Crippen molar-refractivity contribution < 1.29 is 28.6 Å². The van der Waals surface area contributed by atoms with Gasteiger partial charge in [-0.3, -0.25) is 14.4 Å². The van der Waals surface area contributed by atoms with Crippen molar-refractivity contribution in [2.45, 2.75) is 369 Å². The van der Waals surface area contributed by atoms with Crippen molar-refractivity contribution >= 4 is 17.9 Å². The fraction of sp³-hybridized carbons (Fsp3) is 0.954. The molecule has 0 aliphatic carbocycles. The highest BCUT2D eigenvalue weighted by Gasteiger charge is 2.19. The number of carbonyl (C=O) groups excluding carboxylic acids is 3. The monoisotopic (exact) mass is 1000 g/mol. The van der Waals surface area contributed by atoms with E-state index in [2.05, 4.69) is 41.5 Å². The molecule has 0 rings (SSSR count). The summed E-state index contributed by atoms with van der Waals surface area (Å²) in [6.45, 7) is 13.8. The summed E-state index contributed by atoms with van der Waals surface area (Å²) in [5.74, 6) is 1.70. The van der Waals surface area contributed by atoms with Gasteiger partial charge in [0.2, 0.25) is 0 Å². The Balaban J connectivity index is 4.26. The Kier molecular flexibility index (Phi) is 54.9. The van der Waals surface area contributed by atoms with Crippen molar-refractivity contribution in [2.75, 3.05) is 13.2 Å². The molecule has 0 aromatic heterocycles. The summed E-state index contributed by atoms with van der Waals surface area (Å²) >= 11 is 0. The predicted octanol–water partition coefficient (Wildman–Crippen LogP) is 21.5. The van der Waals surface area contributed by atoms with Crippen LogP contribution in [0.4, 0.5) is 0 Å². The van der Waals surface area contributed by atoms with Gasteiger partial charge >= 0.3 is 17.9 Å². The largest absolute Gasteiger partial charge is 0.462 e. The molecular formula is C65H126O6. The minimum absolute atomic E-state index is 0.0626. The molecule has 0 saturated carbocycles. The highest BCUT2D eigenvalue weighted by atomic mass is 16.6. The van der Waals surface area contributed by atoms with Gasteiger partial charge in [-0.15, -0.1) is 0 Å². The Morgan fingerprint density at radius 1 is 0.239 bits per heavy atom. The number of rotatable bonds is 58. The number of hydrogen-bond acceptors (Lipinski definition) is 6. The van der Waals surface area contributed by atoms with Gasteiger partial charge in [-0.05, 0) is 37.0 Å². The van der Waals surface area contributed by atoms with E-state index in [4.69, 9.17) is 14.2 Å². The highest BCUT2D eigenvalue weighted by molar-refractivity contribution is 5.71. The Morgan fingerprint density at radius 3 is 0.606 bits per heavy atom. The normalized spacial score (nSPS) is 12.1. The lowest BCUT2D eigenvalue weighted by Gasteiger charge is -2.18. The van der Waals surface area contributed by atoms with E-state index < -0.39 is 6.10 Å². The van der Waals surface area contributed by atoms with Gasteiger partial charge in [-0.25, -0.2) is 0 Å². The molecule has 0 aliphatic heterocycles. The van der Waals surface area contributed by atoms with Crippen molar-refractivity contribution in [1.82, 2.24) is 0 Å². The zero-order chi connectivity index (χ0) is 51.9. The molecule has 71 heavy (non-hydrogen) atoms. The Hall–Kier alpha value is -1.59. The van der Waals surface area contributed by atoms with E-state index in [1.807, 2.05) is 0 Å². The van der Waals surface area contributed by atoms with Crippen LogP contribution in [0.1, 0.15) is 363 Å². The minimum atomic E-state index is -0.764. The average Bonchev–Trinajstić information content (AvgIpc) is 3.33. The van der Waals surface area contributed by atoms with Crippen LogP contribution >= 0.6 is 0 Å². The quantitative estimate of drug-likeness (QED) is 0.0343. The van der Waals surface area contributed by atoms with Crippen LogP contribution in [0.25, 0.3) is 0 Å². The second-order valence-electron chi connectivity index (χ2n) is 23.8. The fourth-order valence-electron chi connectivity index (χ4n) is 10.1. The second-order valence-corrected chi connectivity index (χ2v) is 23.8. The lowest BCUT2D eigenvalue weighted by Crippen LogP contribution is -2.30. The number of esters is 3. The molecule has 422 valence electrons. The summed E-state index contributed by atoms with van der Waals surface area (Å²) in [6.07, 6.45) is 61.0. The molecule has 0 heterocycles. The molecular weight excluding hydrogens is 877 g/mol. The van der Waals surface area contributed by atoms with Crippen LogP contribution in [0.2, 0.25) is 0 Å². The van der Waals surface area contributed by atoms with Gasteiger partial charge in [-0.2, -0.15) is 0 Å². The van der Waals surface area contributed by atoms with Gasteiger partial charge in [0.1, 0.15) is 13.2 Å². The van der Waals surface area contributed by atoms with Crippen LogP contribution in [-0.2, 0) is 28.6 Å². The van der Waals surface area contributed by atoms with Crippen LogP contribution in [0.15, 0.2) is 0 Å². The SMILES string of the molecule is CC(C)CCCCCCCCCCCCCCCCCCCCC(=O)OC[C@H](COC(=O)CCCCCCCCCCCCCCCCC(C)C)OC(=O)CCCCCCCCCCCCCCC(C)C. The summed E-state index contributed by atoms with van der Waals surface area (Å²) in [6, 6.07) is 0. The van der Waals surface area contributed by atoms with E-state index in [1.54, 1.807) is 0 Å². The maximum Gasteiger partial charge on any atom is 0.306 e. The highest BCUT2D eigenvalue weighted by Crippen LogP contribution is 2.19. The third-order valence-corrected chi connectivity index (χ3v) is 14.9. The molecule has 0 spiro atoms. The zero-order valence-corrected chi connectivity index (χ0v) is 49.0. The average molecular weight is 1000 g/mol. The van der Waals surface area contributed by atoms with E-state index in [0.717, 1.165) is 75.5 Å². The molecule has 0 N–H and O–H groups in total. The topological polar surface area (TPSA) is 78.9 Å². The molecule has 0 saturated heterocycles. The van der Waals surface area contributed by atoms with Crippen molar-refractivity contribution in [3.05, 3.63) is 0 Å². The van der Waals surface area contributed by atoms with E-state index in [-0.39, 0.29) is 31.1 Å². The van der Waals surface area contributed by atoms with Gasteiger partial charge in [0.05, 0.1) is 0 Å². The first kappa shape index (κ1) is 69.4. The smallest absolute Gasteiger partial charge is 0.306 e. The number of ether oxygens (including phenoxy) is 3. The van der Waals surface area contributed by atoms with E-state index >= 15 is 0 Å². The van der Waals surface area contributed by atoms with Crippen molar-refractivity contribution in [3.8, 4) is 0 Å². The maximum absolute atomic E-state index is 12.9. The van der Waals surface area contributed by atoms with E-state index in [9.17, 15) is 14.4 Å². The lowest BCUT2D eigenvalue weighted by molar-refractivity contribution is -0.167. The Labute approximate surface area is 444 Å². The first-order valence-corrected chi connectivity index (χ1v) is 32.1. The van der Waals surface area contributed by atoms with Crippen molar-refractivity contribution in [2.24, 2.45) is 17.8 Å². The van der Waals surface area contributed by atoms with E-state index in [0.29, 0.717) is 19.3 Å². The summed E-state index contributed by atoms with van der Waals surface area (Å²) in [5, 5.41) is 0. The third-order valence-electron chi connectivity index (χ3n) is 14.9. The number of carbonyl (C=O) groups is 3. The summed E-state index contributed by atoms with van der Waals surface area (Å²) < 4.78 is 17.0. The molecule has 0 aliphatic rings. The second kappa shape index (κ2) is 56.1. The molecule has 6 heteroatoms. The summed E-state index contributed by atoms with van der Waals surface area (Å²) in [7, 11) is 0. The van der Waals surface area contributed by atoms with Crippen LogP contribution in [0.5, 0.6) is 0 Å². The predicted molar refractivity (Wildman–Crippen MR) is 307 cm³/mol. The minimum Gasteiger partial charge on any atom is -0.462 e. The summed E-state index contributed by atoms with van der Waals surface area (Å²) in [4.78, 5) is 38.3. The molecule has 1 atom stereocenters. The van der Waals surface area contributed by atoms with Gasteiger partial charge in [0.25, 0.3) is 0 Å². The lowest BCUT2D eigenvalue weighted by atomic mass is 10.0. The van der Waals surface area contributed by atoms with Gasteiger partial charge in [-0.1, -0.05) is 324 Å². The number of unbranched alkanes of at least 4 members (excludes halogenated alkanes) is 41. The van der Waals surface area contributed by atoms with Crippen LogP contribution in [-0.4, -0.2) is 37.2 Å². The molecule has 6 nitrogen and oxygen atoms in total. The van der Waals surface area contributed by atoms with Crippen LogP contribution in [0, 0.1) is 17.8 Å². The standard InChI is InChI=1S/C65H126O6/c1-59(2)51-45-39-33-27-21-15-11-9-7-8-10-12-17-24-30-36-42-48-54-63(66)69-57-62(71-65(68)56-50-44-38-32-26-20-19-23-29-35-41-47-53-61(5)6)58-70-64(67)55-49-43-37-31-25-18-14-13-16-22-28-34-40-46-52-60(3)4/h59-62H,7-58H2,1-6H3/t62-/m1/s1.